The number of benzene rings is 3. The van der Waals surface area contributed by atoms with Gasteiger partial charge in [0.05, 0.1) is 30.6 Å². The number of carbonyl (C=O) groups excluding carboxylic acids is 3. The van der Waals surface area contributed by atoms with E-state index in [0.29, 0.717) is 31.5 Å². The molecule has 3 saturated heterocycles. The van der Waals surface area contributed by atoms with Crippen molar-refractivity contribution in [1.82, 2.24) is 10.2 Å². The predicted octanol–water partition coefficient (Wildman–Crippen LogP) is 2.92. The number of nitrogens with one attached hydrogen (secondary N) is 2. The van der Waals surface area contributed by atoms with Crippen molar-refractivity contribution in [2.75, 3.05) is 11.9 Å². The molecule has 8 nitrogen and oxygen atoms in total. The SMILES string of the molecule is O=C(NCc1ccccc1)C1N([C@@H](CO)Cc2ccccc2)C(=O)[C@@H]2[C@@H](C(=O)Nc3ccccc3)[C@H]3CCC12O3. The third kappa shape index (κ3) is 4.57. The van der Waals surface area contributed by atoms with Crippen LogP contribution in [0.15, 0.2) is 91.0 Å². The van der Waals surface area contributed by atoms with Crippen LogP contribution in [0.5, 0.6) is 0 Å². The van der Waals surface area contributed by atoms with Crippen LogP contribution >= 0.6 is 0 Å². The van der Waals surface area contributed by atoms with E-state index in [1.165, 1.54) is 4.90 Å². The molecule has 3 aromatic rings. The first-order valence-electron chi connectivity index (χ1n) is 13.8. The number of fused-ring (bicyclic) bond motifs is 1. The number of hydrogen-bond acceptors (Lipinski definition) is 5. The second-order valence-corrected chi connectivity index (χ2v) is 10.9. The average Bonchev–Trinajstić information content (AvgIpc) is 3.63. The van der Waals surface area contributed by atoms with Crippen molar-refractivity contribution in [2.24, 2.45) is 11.8 Å². The zero-order chi connectivity index (χ0) is 27.7. The Morgan fingerprint density at radius 3 is 2.20 bits per heavy atom. The Bertz CT molecular complexity index is 1370. The van der Waals surface area contributed by atoms with Crippen molar-refractivity contribution in [2.45, 2.75) is 49.6 Å². The maximum absolute atomic E-state index is 14.3. The summed E-state index contributed by atoms with van der Waals surface area (Å²) in [4.78, 5) is 43.4. The van der Waals surface area contributed by atoms with Crippen LogP contribution in [0.4, 0.5) is 5.69 Å². The topological polar surface area (TPSA) is 108 Å². The number of nitrogens with zero attached hydrogens (tertiary/aromatic N) is 1. The lowest BCUT2D eigenvalue weighted by atomic mass is 9.70. The first kappa shape index (κ1) is 26.2. The highest BCUT2D eigenvalue weighted by Crippen LogP contribution is 2.59. The summed E-state index contributed by atoms with van der Waals surface area (Å²) in [5, 5.41) is 16.5. The minimum Gasteiger partial charge on any atom is -0.394 e. The first-order valence-corrected chi connectivity index (χ1v) is 13.8. The number of carbonyl (C=O) groups is 3. The fourth-order valence-corrected chi connectivity index (χ4v) is 6.85. The molecule has 3 aromatic carbocycles. The van der Waals surface area contributed by atoms with Gasteiger partial charge in [-0.05, 0) is 42.5 Å². The van der Waals surface area contributed by atoms with Crippen LogP contribution < -0.4 is 10.6 Å². The molecule has 2 bridgehead atoms. The van der Waals surface area contributed by atoms with Gasteiger partial charge in [-0.25, -0.2) is 0 Å². The fraction of sp³-hybridized carbons (Fsp3) is 0.344. The van der Waals surface area contributed by atoms with E-state index in [-0.39, 0.29) is 24.3 Å². The number of amides is 3. The number of anilines is 1. The maximum Gasteiger partial charge on any atom is 0.246 e. The summed E-state index contributed by atoms with van der Waals surface area (Å²) in [6, 6.07) is 26.7. The monoisotopic (exact) mass is 539 g/mol. The number of rotatable bonds is 9. The third-order valence-electron chi connectivity index (χ3n) is 8.56. The molecule has 3 fully saturated rings. The maximum atomic E-state index is 14.3. The van der Waals surface area contributed by atoms with Gasteiger partial charge in [0.1, 0.15) is 11.6 Å². The smallest absolute Gasteiger partial charge is 0.246 e. The molecule has 206 valence electrons. The predicted molar refractivity (Wildman–Crippen MR) is 149 cm³/mol. The second kappa shape index (κ2) is 10.9. The molecule has 3 aliphatic rings. The second-order valence-electron chi connectivity index (χ2n) is 10.9. The molecule has 2 unspecified atom stereocenters. The van der Waals surface area contributed by atoms with E-state index in [1.807, 2.05) is 78.9 Å². The molecule has 0 aliphatic carbocycles. The molecule has 3 aliphatic heterocycles. The summed E-state index contributed by atoms with van der Waals surface area (Å²) >= 11 is 0. The summed E-state index contributed by atoms with van der Waals surface area (Å²) < 4.78 is 6.52. The van der Waals surface area contributed by atoms with Crippen LogP contribution in [0, 0.1) is 11.8 Å². The van der Waals surface area contributed by atoms with E-state index >= 15 is 0 Å². The molecule has 6 atom stereocenters. The first-order chi connectivity index (χ1) is 19.5. The van der Waals surface area contributed by atoms with Crippen LogP contribution in [-0.4, -0.2) is 58.1 Å². The average molecular weight is 540 g/mol. The Kier molecular flexibility index (Phi) is 7.12. The molecule has 1 spiro atoms. The molecule has 3 heterocycles. The third-order valence-corrected chi connectivity index (χ3v) is 8.56. The van der Waals surface area contributed by atoms with E-state index in [0.717, 1.165) is 11.1 Å². The van der Waals surface area contributed by atoms with Gasteiger partial charge in [0.25, 0.3) is 0 Å². The molecule has 3 N–H and O–H groups in total. The van der Waals surface area contributed by atoms with Gasteiger partial charge in [-0.2, -0.15) is 0 Å². The zero-order valence-corrected chi connectivity index (χ0v) is 22.1. The molecule has 0 saturated carbocycles. The Morgan fingerprint density at radius 1 is 0.925 bits per heavy atom. The summed E-state index contributed by atoms with van der Waals surface area (Å²) in [5.41, 5.74) is 1.38. The van der Waals surface area contributed by atoms with Gasteiger partial charge in [0.15, 0.2) is 0 Å². The standard InChI is InChI=1S/C32H33N3O5/c36-20-24(18-21-10-4-1-5-11-21)35-28(30(38)33-19-22-12-6-2-7-13-22)32-17-16-25(40-32)26(27(32)31(35)39)29(37)34-23-14-8-3-9-15-23/h1-15,24-28,36H,16-20H2,(H,33,38)(H,34,37)/t24-,25-,26+,27+,28?,32?/m1/s1. The van der Waals surface area contributed by atoms with Gasteiger partial charge in [-0.1, -0.05) is 78.9 Å². The van der Waals surface area contributed by atoms with Crippen LogP contribution in [0.25, 0.3) is 0 Å². The molecular formula is C32H33N3O5. The van der Waals surface area contributed by atoms with E-state index in [9.17, 15) is 19.5 Å². The van der Waals surface area contributed by atoms with Crippen molar-refractivity contribution in [1.29, 1.82) is 0 Å². The lowest BCUT2D eigenvalue weighted by Crippen LogP contribution is -2.58. The van der Waals surface area contributed by atoms with Crippen molar-refractivity contribution in [3.63, 3.8) is 0 Å². The van der Waals surface area contributed by atoms with Gasteiger partial charge in [0, 0.05) is 12.2 Å². The molecule has 40 heavy (non-hydrogen) atoms. The summed E-state index contributed by atoms with van der Waals surface area (Å²) in [7, 11) is 0. The minimum absolute atomic E-state index is 0.287. The number of hydrogen-bond donors (Lipinski definition) is 3. The largest absolute Gasteiger partial charge is 0.394 e. The number of aliphatic hydroxyl groups is 1. The highest BCUT2D eigenvalue weighted by Gasteiger charge is 2.75. The summed E-state index contributed by atoms with van der Waals surface area (Å²) in [6.07, 6.45) is 0.992. The lowest BCUT2D eigenvalue weighted by Gasteiger charge is -2.36. The van der Waals surface area contributed by atoms with Crippen LogP contribution in [-0.2, 0) is 32.1 Å². The molecule has 6 rings (SSSR count). The van der Waals surface area contributed by atoms with Gasteiger partial charge in [0.2, 0.25) is 17.7 Å². The minimum atomic E-state index is -1.13. The number of ether oxygens (including phenoxy) is 1. The van der Waals surface area contributed by atoms with Crippen molar-refractivity contribution >= 4 is 23.4 Å². The van der Waals surface area contributed by atoms with Gasteiger partial charge >= 0.3 is 0 Å². The normalized spacial score (nSPS) is 27.3. The Morgan fingerprint density at radius 2 is 1.55 bits per heavy atom. The van der Waals surface area contributed by atoms with Crippen LogP contribution in [0.2, 0.25) is 0 Å². The van der Waals surface area contributed by atoms with E-state index in [2.05, 4.69) is 10.6 Å². The van der Waals surface area contributed by atoms with E-state index in [1.54, 1.807) is 12.1 Å². The molecule has 0 aromatic heterocycles. The van der Waals surface area contributed by atoms with Crippen LogP contribution in [0.1, 0.15) is 24.0 Å². The van der Waals surface area contributed by atoms with Gasteiger partial charge < -0.3 is 25.4 Å². The lowest BCUT2D eigenvalue weighted by molar-refractivity contribution is -0.145. The van der Waals surface area contributed by atoms with Gasteiger partial charge in [-0.3, -0.25) is 14.4 Å². The van der Waals surface area contributed by atoms with Gasteiger partial charge in [-0.15, -0.1) is 0 Å². The number of para-hydroxylation sites is 1. The highest BCUT2D eigenvalue weighted by molar-refractivity contribution is 6.02. The van der Waals surface area contributed by atoms with Crippen molar-refractivity contribution in [3.8, 4) is 0 Å². The Balaban J connectivity index is 1.33. The molecular weight excluding hydrogens is 506 g/mol. The number of likely N-dealkylation sites (tertiary alicyclic amines) is 1. The zero-order valence-electron chi connectivity index (χ0n) is 22.1. The summed E-state index contributed by atoms with van der Waals surface area (Å²) in [6.45, 7) is -0.0288. The molecule has 8 heteroatoms. The van der Waals surface area contributed by atoms with E-state index in [4.69, 9.17) is 4.74 Å². The summed E-state index contributed by atoms with van der Waals surface area (Å²) in [5.74, 6) is -2.48. The highest BCUT2D eigenvalue weighted by atomic mass is 16.5. The number of aliphatic hydroxyl groups excluding tert-OH is 1. The quantitative estimate of drug-likeness (QED) is 0.388. The fourth-order valence-electron chi connectivity index (χ4n) is 6.85. The molecule has 3 amide bonds. The molecule has 0 radical (unpaired) electrons. The van der Waals surface area contributed by atoms with Crippen molar-refractivity contribution < 1.29 is 24.2 Å². The van der Waals surface area contributed by atoms with Crippen LogP contribution in [0.3, 0.4) is 0 Å². The van der Waals surface area contributed by atoms with E-state index < -0.39 is 35.6 Å². The van der Waals surface area contributed by atoms with Crippen molar-refractivity contribution in [3.05, 3.63) is 102 Å². The Hall–Kier alpha value is -4.01. The Labute approximate surface area is 233 Å².